The second-order valence-corrected chi connectivity index (χ2v) is 5.26. The predicted molar refractivity (Wildman–Crippen MR) is 66.1 cm³/mol. The van der Waals surface area contributed by atoms with E-state index in [2.05, 4.69) is 11.8 Å². The molecule has 0 radical (unpaired) electrons. The fourth-order valence-electron chi connectivity index (χ4n) is 2.66. The minimum atomic E-state index is -0.357. The van der Waals surface area contributed by atoms with Gasteiger partial charge in [-0.2, -0.15) is 0 Å². The van der Waals surface area contributed by atoms with Gasteiger partial charge in [-0.3, -0.25) is 4.90 Å². The zero-order valence-corrected chi connectivity index (χ0v) is 10.8. The van der Waals surface area contributed by atoms with E-state index in [9.17, 15) is 5.11 Å². The summed E-state index contributed by atoms with van der Waals surface area (Å²) in [6.07, 6.45) is 5.04. The topological polar surface area (TPSA) is 41.9 Å². The van der Waals surface area contributed by atoms with Crippen molar-refractivity contribution in [2.75, 3.05) is 32.8 Å². The molecule has 2 heterocycles. The van der Waals surface area contributed by atoms with Crippen molar-refractivity contribution in [3.63, 3.8) is 0 Å². The Kier molecular flexibility index (Phi) is 5.22. The van der Waals surface area contributed by atoms with E-state index < -0.39 is 0 Å². The molecule has 2 aliphatic rings. The van der Waals surface area contributed by atoms with E-state index in [0.717, 1.165) is 39.1 Å². The van der Waals surface area contributed by atoms with Crippen molar-refractivity contribution in [2.45, 2.75) is 50.9 Å². The number of unbranched alkanes of at least 4 members (excludes halogenated alkanes) is 1. The fraction of sp³-hybridized carbons (Fsp3) is 1.00. The maximum atomic E-state index is 9.89. The normalized spacial score (nSPS) is 30.7. The van der Waals surface area contributed by atoms with Crippen molar-refractivity contribution < 1.29 is 14.6 Å². The molecule has 0 saturated carbocycles. The summed E-state index contributed by atoms with van der Waals surface area (Å²) < 4.78 is 11.2. The van der Waals surface area contributed by atoms with Crippen LogP contribution in [0.5, 0.6) is 0 Å². The Balaban J connectivity index is 1.60. The number of aliphatic hydroxyl groups excluding tert-OH is 1. The van der Waals surface area contributed by atoms with Gasteiger partial charge in [0.1, 0.15) is 0 Å². The molecular formula is C13H25NO3. The number of morpholine rings is 1. The summed E-state index contributed by atoms with van der Waals surface area (Å²) in [5.41, 5.74) is 0. The van der Waals surface area contributed by atoms with E-state index >= 15 is 0 Å². The molecule has 0 spiro atoms. The lowest BCUT2D eigenvalue weighted by Crippen LogP contribution is -2.46. The van der Waals surface area contributed by atoms with Crippen LogP contribution in [-0.4, -0.2) is 61.2 Å². The molecule has 2 rings (SSSR count). The second kappa shape index (κ2) is 6.69. The average molecular weight is 243 g/mol. The highest BCUT2D eigenvalue weighted by atomic mass is 16.5. The third kappa shape index (κ3) is 4.21. The lowest BCUT2D eigenvalue weighted by molar-refractivity contribution is -0.0585. The minimum Gasteiger partial charge on any atom is -0.389 e. The summed E-state index contributed by atoms with van der Waals surface area (Å²) in [5, 5.41) is 9.89. The van der Waals surface area contributed by atoms with Crippen LogP contribution in [0.3, 0.4) is 0 Å². The molecule has 0 aromatic rings. The van der Waals surface area contributed by atoms with E-state index in [1.807, 2.05) is 0 Å². The molecular weight excluding hydrogens is 218 g/mol. The quantitative estimate of drug-likeness (QED) is 0.678. The number of nitrogens with zero attached hydrogens (tertiary/aromatic N) is 1. The molecule has 0 amide bonds. The van der Waals surface area contributed by atoms with Gasteiger partial charge in [-0.05, 0) is 19.3 Å². The Morgan fingerprint density at radius 3 is 2.71 bits per heavy atom. The van der Waals surface area contributed by atoms with Gasteiger partial charge in [0, 0.05) is 26.2 Å². The van der Waals surface area contributed by atoms with Crippen LogP contribution in [0.1, 0.15) is 32.6 Å². The Morgan fingerprint density at radius 1 is 1.35 bits per heavy atom. The lowest BCUT2D eigenvalue weighted by Gasteiger charge is -2.33. The van der Waals surface area contributed by atoms with E-state index in [4.69, 9.17) is 9.47 Å². The molecule has 2 aliphatic heterocycles. The van der Waals surface area contributed by atoms with Gasteiger partial charge in [0.05, 0.1) is 24.9 Å². The smallest absolute Gasteiger partial charge is 0.0900 e. The van der Waals surface area contributed by atoms with Crippen LogP contribution >= 0.6 is 0 Å². The number of β-amino-alcohol motifs (C(OH)–C–C–N with tert-alkyl or cyclic N) is 1. The van der Waals surface area contributed by atoms with Crippen LogP contribution in [0.15, 0.2) is 0 Å². The molecule has 2 fully saturated rings. The molecule has 0 aliphatic carbocycles. The van der Waals surface area contributed by atoms with Crippen LogP contribution in [0, 0.1) is 0 Å². The van der Waals surface area contributed by atoms with Gasteiger partial charge in [0.15, 0.2) is 0 Å². The first-order chi connectivity index (χ1) is 8.28. The molecule has 100 valence electrons. The molecule has 0 aromatic carbocycles. The van der Waals surface area contributed by atoms with Gasteiger partial charge < -0.3 is 14.6 Å². The number of aliphatic hydroxyl groups is 1. The summed E-state index contributed by atoms with van der Waals surface area (Å²) in [4.78, 5) is 2.32. The Bertz CT molecular complexity index is 213. The number of hydrogen-bond acceptors (Lipinski definition) is 4. The lowest BCUT2D eigenvalue weighted by atomic mass is 10.2. The largest absolute Gasteiger partial charge is 0.389 e. The molecule has 4 heteroatoms. The molecule has 1 N–H and O–H groups in total. The predicted octanol–water partition coefficient (Wildman–Crippen LogP) is 1.03. The second-order valence-electron chi connectivity index (χ2n) is 5.26. The first-order valence-electron chi connectivity index (χ1n) is 6.91. The van der Waals surface area contributed by atoms with Crippen LogP contribution in [-0.2, 0) is 9.47 Å². The summed E-state index contributed by atoms with van der Waals surface area (Å²) in [5.74, 6) is 0. The van der Waals surface area contributed by atoms with Gasteiger partial charge in [-0.25, -0.2) is 0 Å². The molecule has 3 unspecified atom stereocenters. The first-order valence-corrected chi connectivity index (χ1v) is 6.91. The van der Waals surface area contributed by atoms with Crippen molar-refractivity contribution >= 4 is 0 Å². The Labute approximate surface area is 104 Å². The highest BCUT2D eigenvalue weighted by Crippen LogP contribution is 2.26. The van der Waals surface area contributed by atoms with E-state index in [1.165, 1.54) is 12.8 Å². The number of fused-ring (bicyclic) bond motifs is 2. The van der Waals surface area contributed by atoms with Crippen molar-refractivity contribution in [3.05, 3.63) is 0 Å². The van der Waals surface area contributed by atoms with Crippen molar-refractivity contribution in [2.24, 2.45) is 0 Å². The molecule has 17 heavy (non-hydrogen) atoms. The van der Waals surface area contributed by atoms with Crippen LogP contribution in [0.25, 0.3) is 0 Å². The van der Waals surface area contributed by atoms with E-state index in [1.54, 1.807) is 0 Å². The highest BCUT2D eigenvalue weighted by molar-refractivity contribution is 4.85. The standard InChI is InChI=1S/C13H25NO3/c1-2-3-6-16-10-11(15)7-14-8-12-4-5-13(9-14)17-12/h11-13,15H,2-10H2,1H3. The number of rotatable bonds is 7. The molecule has 0 aromatic heterocycles. The van der Waals surface area contributed by atoms with Crippen molar-refractivity contribution in [3.8, 4) is 0 Å². The van der Waals surface area contributed by atoms with Crippen LogP contribution < -0.4 is 0 Å². The zero-order chi connectivity index (χ0) is 12.1. The summed E-state index contributed by atoms with van der Waals surface area (Å²) in [6.45, 7) is 6.05. The molecule has 2 saturated heterocycles. The van der Waals surface area contributed by atoms with Gasteiger partial charge >= 0.3 is 0 Å². The third-order valence-corrected chi connectivity index (χ3v) is 3.54. The molecule has 3 atom stereocenters. The van der Waals surface area contributed by atoms with Crippen molar-refractivity contribution in [1.82, 2.24) is 4.90 Å². The third-order valence-electron chi connectivity index (χ3n) is 3.54. The van der Waals surface area contributed by atoms with Crippen LogP contribution in [0.4, 0.5) is 0 Å². The SMILES string of the molecule is CCCCOCC(O)CN1CC2CCC(C1)O2. The summed E-state index contributed by atoms with van der Waals surface area (Å²) in [7, 11) is 0. The van der Waals surface area contributed by atoms with Crippen LogP contribution in [0.2, 0.25) is 0 Å². The maximum absolute atomic E-state index is 9.89. The van der Waals surface area contributed by atoms with E-state index in [-0.39, 0.29) is 6.10 Å². The monoisotopic (exact) mass is 243 g/mol. The van der Waals surface area contributed by atoms with Gasteiger partial charge in [-0.15, -0.1) is 0 Å². The number of ether oxygens (including phenoxy) is 2. The van der Waals surface area contributed by atoms with Gasteiger partial charge in [-0.1, -0.05) is 13.3 Å². The summed E-state index contributed by atoms with van der Waals surface area (Å²) in [6, 6.07) is 0. The van der Waals surface area contributed by atoms with E-state index in [0.29, 0.717) is 18.8 Å². The highest BCUT2D eigenvalue weighted by Gasteiger charge is 2.34. The maximum Gasteiger partial charge on any atom is 0.0900 e. The average Bonchev–Trinajstić information content (AvgIpc) is 2.64. The molecule has 2 bridgehead atoms. The Morgan fingerprint density at radius 2 is 2.06 bits per heavy atom. The molecule has 4 nitrogen and oxygen atoms in total. The van der Waals surface area contributed by atoms with Gasteiger partial charge in [0.2, 0.25) is 0 Å². The number of hydrogen-bond donors (Lipinski definition) is 1. The minimum absolute atomic E-state index is 0.357. The first kappa shape index (κ1) is 13.3. The number of likely N-dealkylation sites (tertiary alicyclic amines) is 1. The summed E-state index contributed by atoms with van der Waals surface area (Å²) >= 11 is 0. The fourth-order valence-corrected chi connectivity index (χ4v) is 2.66. The van der Waals surface area contributed by atoms with Gasteiger partial charge in [0.25, 0.3) is 0 Å². The Hall–Kier alpha value is -0.160. The van der Waals surface area contributed by atoms with Crippen molar-refractivity contribution in [1.29, 1.82) is 0 Å². The zero-order valence-electron chi connectivity index (χ0n) is 10.8.